The highest BCUT2D eigenvalue weighted by Gasteiger charge is 2.05. The van der Waals surface area contributed by atoms with E-state index in [2.05, 4.69) is 12.2 Å². The lowest BCUT2D eigenvalue weighted by Gasteiger charge is -2.08. The number of nitrogens with two attached hydrogens (primary N) is 1. The van der Waals surface area contributed by atoms with Gasteiger partial charge in [-0.25, -0.2) is 0 Å². The molecule has 0 aliphatic carbocycles. The van der Waals surface area contributed by atoms with Crippen molar-refractivity contribution in [3.05, 3.63) is 59.7 Å². The molecular formula is C17H18N2O3. The largest absolute Gasteiger partial charge is 0.484 e. The third-order valence-corrected chi connectivity index (χ3v) is 3.15. The van der Waals surface area contributed by atoms with E-state index in [0.29, 0.717) is 11.3 Å². The van der Waals surface area contributed by atoms with Crippen LogP contribution in [0.3, 0.4) is 0 Å². The van der Waals surface area contributed by atoms with Gasteiger partial charge < -0.3 is 15.8 Å². The van der Waals surface area contributed by atoms with E-state index >= 15 is 0 Å². The monoisotopic (exact) mass is 298 g/mol. The number of ether oxygens (including phenoxy) is 1. The predicted octanol–water partition coefficient (Wildman–Crippen LogP) is 2.37. The van der Waals surface area contributed by atoms with Crippen LogP contribution in [0.5, 0.6) is 5.75 Å². The fourth-order valence-electron chi connectivity index (χ4n) is 1.89. The lowest BCUT2D eigenvalue weighted by atomic mass is 10.1. The van der Waals surface area contributed by atoms with Crippen molar-refractivity contribution in [1.29, 1.82) is 0 Å². The molecule has 0 atom stereocenters. The van der Waals surface area contributed by atoms with Gasteiger partial charge in [0, 0.05) is 11.3 Å². The first kappa shape index (κ1) is 15.6. The van der Waals surface area contributed by atoms with Crippen LogP contribution in [0.15, 0.2) is 48.5 Å². The molecule has 2 amide bonds. The van der Waals surface area contributed by atoms with Crippen molar-refractivity contribution >= 4 is 17.5 Å². The van der Waals surface area contributed by atoms with E-state index in [1.807, 2.05) is 24.3 Å². The maximum Gasteiger partial charge on any atom is 0.262 e. The molecule has 0 fully saturated rings. The number of aryl methyl sites for hydroxylation is 1. The molecule has 0 heterocycles. The van der Waals surface area contributed by atoms with Crippen LogP contribution in [0, 0.1) is 0 Å². The number of carbonyl (C=O) groups excluding carboxylic acids is 2. The van der Waals surface area contributed by atoms with E-state index < -0.39 is 5.91 Å². The summed E-state index contributed by atoms with van der Waals surface area (Å²) in [5.41, 5.74) is 7.49. The molecule has 0 unspecified atom stereocenters. The van der Waals surface area contributed by atoms with Crippen LogP contribution in [-0.4, -0.2) is 18.4 Å². The summed E-state index contributed by atoms with van der Waals surface area (Å²) in [4.78, 5) is 22.7. The van der Waals surface area contributed by atoms with Crippen molar-refractivity contribution in [3.63, 3.8) is 0 Å². The zero-order valence-corrected chi connectivity index (χ0v) is 12.3. The van der Waals surface area contributed by atoms with Crippen LogP contribution in [-0.2, 0) is 11.2 Å². The van der Waals surface area contributed by atoms with Crippen LogP contribution in [0.4, 0.5) is 5.69 Å². The van der Waals surface area contributed by atoms with Crippen LogP contribution < -0.4 is 15.8 Å². The molecule has 114 valence electrons. The highest BCUT2D eigenvalue weighted by atomic mass is 16.5. The van der Waals surface area contributed by atoms with Gasteiger partial charge in [-0.15, -0.1) is 0 Å². The summed E-state index contributed by atoms with van der Waals surface area (Å²) in [6, 6.07) is 14.0. The normalized spacial score (nSPS) is 10.0. The second kappa shape index (κ2) is 7.26. The summed E-state index contributed by atoms with van der Waals surface area (Å²) >= 11 is 0. The number of carbonyl (C=O) groups is 2. The Morgan fingerprint density at radius 1 is 1.05 bits per heavy atom. The Morgan fingerprint density at radius 2 is 1.68 bits per heavy atom. The maximum absolute atomic E-state index is 11.8. The van der Waals surface area contributed by atoms with Crippen LogP contribution in [0.1, 0.15) is 22.8 Å². The molecule has 0 aliphatic heterocycles. The zero-order chi connectivity index (χ0) is 15.9. The van der Waals surface area contributed by atoms with E-state index in [1.54, 1.807) is 24.3 Å². The number of anilines is 1. The van der Waals surface area contributed by atoms with Crippen molar-refractivity contribution in [1.82, 2.24) is 0 Å². The molecule has 0 saturated carbocycles. The van der Waals surface area contributed by atoms with Gasteiger partial charge in [0.25, 0.3) is 5.91 Å². The second-order valence-electron chi connectivity index (χ2n) is 4.78. The molecule has 2 rings (SSSR count). The molecule has 0 aliphatic rings. The van der Waals surface area contributed by atoms with Gasteiger partial charge in [0.15, 0.2) is 6.61 Å². The summed E-state index contributed by atoms with van der Waals surface area (Å²) in [7, 11) is 0. The summed E-state index contributed by atoms with van der Waals surface area (Å²) in [6.45, 7) is 1.97. The Hall–Kier alpha value is -2.82. The van der Waals surface area contributed by atoms with Crippen LogP contribution in [0.25, 0.3) is 0 Å². The molecule has 5 nitrogen and oxygen atoms in total. The fourth-order valence-corrected chi connectivity index (χ4v) is 1.89. The second-order valence-corrected chi connectivity index (χ2v) is 4.78. The molecule has 0 bridgehead atoms. The Balaban J connectivity index is 1.85. The lowest BCUT2D eigenvalue weighted by Crippen LogP contribution is -2.20. The highest BCUT2D eigenvalue weighted by Crippen LogP contribution is 2.13. The van der Waals surface area contributed by atoms with Gasteiger partial charge in [-0.2, -0.15) is 0 Å². The lowest BCUT2D eigenvalue weighted by molar-refractivity contribution is -0.118. The molecule has 0 radical (unpaired) electrons. The predicted molar refractivity (Wildman–Crippen MR) is 84.9 cm³/mol. The SMILES string of the molecule is CCc1ccc(NC(=O)COc2ccc(C(N)=O)cc2)cc1. The summed E-state index contributed by atoms with van der Waals surface area (Å²) in [5.74, 6) is -0.246. The van der Waals surface area contributed by atoms with Gasteiger partial charge in [0.2, 0.25) is 5.91 Å². The molecule has 22 heavy (non-hydrogen) atoms. The van der Waals surface area contributed by atoms with Crippen molar-refractivity contribution in [3.8, 4) is 5.75 Å². The number of nitrogens with one attached hydrogen (secondary N) is 1. The van der Waals surface area contributed by atoms with Gasteiger partial charge >= 0.3 is 0 Å². The maximum atomic E-state index is 11.8. The van der Waals surface area contributed by atoms with Gasteiger partial charge in [-0.1, -0.05) is 19.1 Å². The average Bonchev–Trinajstić information content (AvgIpc) is 2.54. The number of rotatable bonds is 6. The minimum Gasteiger partial charge on any atom is -0.484 e. The first-order valence-electron chi connectivity index (χ1n) is 7.00. The minimum atomic E-state index is -0.500. The van der Waals surface area contributed by atoms with Gasteiger partial charge in [-0.3, -0.25) is 9.59 Å². The topological polar surface area (TPSA) is 81.4 Å². The Bertz CT molecular complexity index is 649. The minimum absolute atomic E-state index is 0.106. The molecule has 0 spiro atoms. The number of hydrogen-bond acceptors (Lipinski definition) is 3. The van der Waals surface area contributed by atoms with Gasteiger partial charge in [-0.05, 0) is 48.4 Å². The Morgan fingerprint density at radius 3 is 2.23 bits per heavy atom. The van der Waals surface area contributed by atoms with Crippen LogP contribution >= 0.6 is 0 Å². The van der Waals surface area contributed by atoms with Crippen molar-refractivity contribution < 1.29 is 14.3 Å². The first-order chi connectivity index (χ1) is 10.6. The van der Waals surface area contributed by atoms with E-state index in [0.717, 1.165) is 12.1 Å². The van der Waals surface area contributed by atoms with E-state index in [4.69, 9.17) is 10.5 Å². The molecule has 0 aromatic heterocycles. The molecule has 2 aromatic rings. The van der Waals surface area contributed by atoms with E-state index in [9.17, 15) is 9.59 Å². The van der Waals surface area contributed by atoms with E-state index in [1.165, 1.54) is 5.56 Å². The quantitative estimate of drug-likeness (QED) is 0.859. The van der Waals surface area contributed by atoms with Crippen molar-refractivity contribution in [2.24, 2.45) is 5.73 Å². The van der Waals surface area contributed by atoms with Crippen LogP contribution in [0.2, 0.25) is 0 Å². The molecular weight excluding hydrogens is 280 g/mol. The molecule has 3 N–H and O–H groups in total. The zero-order valence-electron chi connectivity index (χ0n) is 12.3. The summed E-state index contributed by atoms with van der Waals surface area (Å²) in [6.07, 6.45) is 0.957. The summed E-state index contributed by atoms with van der Waals surface area (Å²) < 4.78 is 5.36. The third kappa shape index (κ3) is 4.34. The van der Waals surface area contributed by atoms with Crippen molar-refractivity contribution in [2.45, 2.75) is 13.3 Å². The molecule has 5 heteroatoms. The summed E-state index contributed by atoms with van der Waals surface area (Å²) in [5, 5.41) is 2.76. The average molecular weight is 298 g/mol. The number of primary amides is 1. The van der Waals surface area contributed by atoms with E-state index in [-0.39, 0.29) is 12.5 Å². The Labute approximate surface area is 129 Å². The van der Waals surface area contributed by atoms with Gasteiger partial charge in [0.05, 0.1) is 0 Å². The van der Waals surface area contributed by atoms with Crippen molar-refractivity contribution in [2.75, 3.05) is 11.9 Å². The first-order valence-corrected chi connectivity index (χ1v) is 7.00. The molecule has 2 aromatic carbocycles. The highest BCUT2D eigenvalue weighted by molar-refractivity contribution is 5.93. The Kier molecular flexibility index (Phi) is 5.14. The van der Waals surface area contributed by atoms with Gasteiger partial charge in [0.1, 0.15) is 5.75 Å². The number of benzene rings is 2. The third-order valence-electron chi connectivity index (χ3n) is 3.15. The smallest absolute Gasteiger partial charge is 0.262 e. The fraction of sp³-hybridized carbons (Fsp3) is 0.176. The molecule has 0 saturated heterocycles. The number of hydrogen-bond donors (Lipinski definition) is 2. The standard InChI is InChI=1S/C17H18N2O3/c1-2-12-3-7-14(8-4-12)19-16(20)11-22-15-9-5-13(6-10-15)17(18)21/h3-10H,2,11H2,1H3,(H2,18,21)(H,19,20). The number of amides is 2.